The van der Waals surface area contributed by atoms with Gasteiger partial charge in [-0.15, -0.1) is 0 Å². The van der Waals surface area contributed by atoms with Gasteiger partial charge in [0.25, 0.3) is 0 Å². The third-order valence-corrected chi connectivity index (χ3v) is 3.19. The molecule has 3 unspecified atom stereocenters. The van der Waals surface area contributed by atoms with Crippen LogP contribution in [0.3, 0.4) is 0 Å². The molecule has 1 heterocycles. The number of ether oxygens (including phenoxy) is 2. The molecule has 0 radical (unpaired) electrons. The maximum atomic E-state index is 5.62. The molecule has 0 aromatic carbocycles. The van der Waals surface area contributed by atoms with Crippen LogP contribution < -0.4 is 5.32 Å². The largest absolute Gasteiger partial charge is 0.378 e. The molecule has 90 valence electrons. The first-order chi connectivity index (χ1) is 7.27. The normalized spacial score (nSPS) is 25.4. The molecular formula is C12H25NO2. The van der Waals surface area contributed by atoms with Crippen LogP contribution in [0.2, 0.25) is 0 Å². The Morgan fingerprint density at radius 3 is 2.87 bits per heavy atom. The monoisotopic (exact) mass is 215 g/mol. The lowest BCUT2D eigenvalue weighted by molar-refractivity contribution is 0.0390. The molecule has 1 fully saturated rings. The minimum absolute atomic E-state index is 0.293. The van der Waals surface area contributed by atoms with Gasteiger partial charge in [-0.05, 0) is 46.6 Å². The maximum Gasteiger partial charge on any atom is 0.0699 e. The van der Waals surface area contributed by atoms with Gasteiger partial charge in [0.15, 0.2) is 0 Å². The van der Waals surface area contributed by atoms with E-state index < -0.39 is 0 Å². The average Bonchev–Trinajstić information content (AvgIpc) is 2.72. The van der Waals surface area contributed by atoms with Gasteiger partial charge in [0.2, 0.25) is 0 Å². The lowest BCUT2D eigenvalue weighted by Gasteiger charge is -2.24. The molecule has 1 aliphatic heterocycles. The lowest BCUT2D eigenvalue weighted by atomic mass is 10.0. The Morgan fingerprint density at radius 2 is 2.33 bits per heavy atom. The predicted molar refractivity (Wildman–Crippen MR) is 62.1 cm³/mol. The van der Waals surface area contributed by atoms with E-state index in [0.717, 1.165) is 26.1 Å². The Hall–Kier alpha value is -0.120. The third-order valence-electron chi connectivity index (χ3n) is 3.19. The van der Waals surface area contributed by atoms with Crippen molar-refractivity contribution >= 4 is 0 Å². The first kappa shape index (κ1) is 12.9. The van der Waals surface area contributed by atoms with E-state index in [2.05, 4.69) is 12.2 Å². The van der Waals surface area contributed by atoms with Crippen LogP contribution in [0.25, 0.3) is 0 Å². The fourth-order valence-electron chi connectivity index (χ4n) is 2.23. The van der Waals surface area contributed by atoms with E-state index in [0.29, 0.717) is 18.2 Å². The van der Waals surface area contributed by atoms with Gasteiger partial charge in [-0.25, -0.2) is 0 Å². The second kappa shape index (κ2) is 7.20. The summed E-state index contributed by atoms with van der Waals surface area (Å²) in [5.41, 5.74) is 0. The summed E-state index contributed by atoms with van der Waals surface area (Å²) in [4.78, 5) is 0. The highest BCUT2D eigenvalue weighted by atomic mass is 16.5. The summed E-state index contributed by atoms with van der Waals surface area (Å²) in [5.74, 6) is 0. The van der Waals surface area contributed by atoms with Crippen molar-refractivity contribution in [2.24, 2.45) is 0 Å². The second-order valence-corrected chi connectivity index (χ2v) is 4.27. The Kier molecular flexibility index (Phi) is 6.22. The van der Waals surface area contributed by atoms with Crippen LogP contribution in [0.1, 0.15) is 39.5 Å². The van der Waals surface area contributed by atoms with Crippen molar-refractivity contribution in [3.05, 3.63) is 0 Å². The summed E-state index contributed by atoms with van der Waals surface area (Å²) in [6.07, 6.45) is 5.55. The molecule has 0 bridgehead atoms. The number of nitrogens with one attached hydrogen (secondary N) is 1. The van der Waals surface area contributed by atoms with Crippen LogP contribution in [-0.2, 0) is 9.47 Å². The van der Waals surface area contributed by atoms with Crippen LogP contribution in [-0.4, -0.2) is 38.5 Å². The first-order valence-electron chi connectivity index (χ1n) is 6.18. The average molecular weight is 215 g/mol. The van der Waals surface area contributed by atoms with Crippen LogP contribution in [0.4, 0.5) is 0 Å². The topological polar surface area (TPSA) is 30.5 Å². The van der Waals surface area contributed by atoms with E-state index >= 15 is 0 Å². The van der Waals surface area contributed by atoms with Crippen molar-refractivity contribution in [2.75, 3.05) is 20.3 Å². The van der Waals surface area contributed by atoms with Crippen molar-refractivity contribution in [3.63, 3.8) is 0 Å². The van der Waals surface area contributed by atoms with Gasteiger partial charge in [-0.3, -0.25) is 0 Å². The van der Waals surface area contributed by atoms with Crippen molar-refractivity contribution in [1.29, 1.82) is 0 Å². The zero-order valence-electron chi connectivity index (χ0n) is 10.3. The Labute approximate surface area is 93.5 Å². The summed E-state index contributed by atoms with van der Waals surface area (Å²) in [6.45, 7) is 5.93. The van der Waals surface area contributed by atoms with Crippen molar-refractivity contribution in [1.82, 2.24) is 5.32 Å². The van der Waals surface area contributed by atoms with Crippen molar-refractivity contribution in [2.45, 2.75) is 57.8 Å². The molecule has 3 atom stereocenters. The minimum Gasteiger partial charge on any atom is -0.378 e. The molecule has 1 rings (SSSR count). The van der Waals surface area contributed by atoms with Gasteiger partial charge in [0.1, 0.15) is 0 Å². The summed E-state index contributed by atoms with van der Waals surface area (Å²) in [6, 6.07) is 0.453. The number of rotatable bonds is 7. The zero-order chi connectivity index (χ0) is 11.1. The Bertz CT molecular complexity index is 158. The van der Waals surface area contributed by atoms with E-state index in [1.54, 1.807) is 0 Å². The highest BCUT2D eigenvalue weighted by Crippen LogP contribution is 2.18. The number of hydrogen-bond acceptors (Lipinski definition) is 3. The van der Waals surface area contributed by atoms with Crippen molar-refractivity contribution < 1.29 is 9.47 Å². The first-order valence-corrected chi connectivity index (χ1v) is 6.18. The fourth-order valence-corrected chi connectivity index (χ4v) is 2.23. The van der Waals surface area contributed by atoms with Gasteiger partial charge in [-0.2, -0.15) is 0 Å². The van der Waals surface area contributed by atoms with Gasteiger partial charge in [0, 0.05) is 19.3 Å². The molecule has 0 aliphatic carbocycles. The molecule has 0 aromatic rings. The molecule has 0 spiro atoms. The summed E-state index contributed by atoms with van der Waals surface area (Å²) in [7, 11) is 2.01. The SMILES string of the molecule is CCOC(C)C(CCC1CCCO1)NC. The van der Waals surface area contributed by atoms with E-state index in [-0.39, 0.29) is 0 Å². The zero-order valence-corrected chi connectivity index (χ0v) is 10.3. The van der Waals surface area contributed by atoms with E-state index in [1.807, 2.05) is 14.0 Å². The molecule has 1 aliphatic rings. The molecule has 1 N–H and O–H groups in total. The molecular weight excluding hydrogens is 190 g/mol. The standard InChI is InChI=1S/C12H25NO2/c1-4-14-10(2)12(13-3)8-7-11-6-5-9-15-11/h10-13H,4-9H2,1-3H3. The van der Waals surface area contributed by atoms with Crippen LogP contribution in [0, 0.1) is 0 Å². The quantitative estimate of drug-likeness (QED) is 0.704. The van der Waals surface area contributed by atoms with Gasteiger partial charge in [0.05, 0.1) is 12.2 Å². The maximum absolute atomic E-state index is 5.62. The third kappa shape index (κ3) is 4.49. The summed E-state index contributed by atoms with van der Waals surface area (Å²) in [5, 5.41) is 3.33. The van der Waals surface area contributed by atoms with Crippen LogP contribution in [0.5, 0.6) is 0 Å². The second-order valence-electron chi connectivity index (χ2n) is 4.27. The number of hydrogen-bond donors (Lipinski definition) is 1. The molecule has 0 saturated carbocycles. The summed E-state index contributed by atoms with van der Waals surface area (Å²) >= 11 is 0. The molecule has 0 amide bonds. The van der Waals surface area contributed by atoms with E-state index in [1.165, 1.54) is 12.8 Å². The number of likely N-dealkylation sites (N-methyl/N-ethyl adjacent to an activating group) is 1. The van der Waals surface area contributed by atoms with Gasteiger partial charge < -0.3 is 14.8 Å². The molecule has 0 aromatic heterocycles. The van der Waals surface area contributed by atoms with Crippen molar-refractivity contribution in [3.8, 4) is 0 Å². The molecule has 1 saturated heterocycles. The fraction of sp³-hybridized carbons (Fsp3) is 1.00. The Balaban J connectivity index is 2.19. The molecule has 3 nitrogen and oxygen atoms in total. The van der Waals surface area contributed by atoms with Crippen LogP contribution in [0.15, 0.2) is 0 Å². The van der Waals surface area contributed by atoms with E-state index in [4.69, 9.17) is 9.47 Å². The van der Waals surface area contributed by atoms with Gasteiger partial charge in [-0.1, -0.05) is 0 Å². The highest BCUT2D eigenvalue weighted by Gasteiger charge is 2.20. The molecule has 15 heavy (non-hydrogen) atoms. The molecule has 3 heteroatoms. The summed E-state index contributed by atoms with van der Waals surface area (Å²) < 4.78 is 11.2. The van der Waals surface area contributed by atoms with E-state index in [9.17, 15) is 0 Å². The van der Waals surface area contributed by atoms with Crippen LogP contribution >= 0.6 is 0 Å². The lowest BCUT2D eigenvalue weighted by Crippen LogP contribution is -2.38. The highest BCUT2D eigenvalue weighted by molar-refractivity contribution is 4.75. The Morgan fingerprint density at radius 1 is 1.53 bits per heavy atom. The van der Waals surface area contributed by atoms with Gasteiger partial charge >= 0.3 is 0 Å². The predicted octanol–water partition coefficient (Wildman–Crippen LogP) is 1.96. The smallest absolute Gasteiger partial charge is 0.0699 e. The minimum atomic E-state index is 0.293.